The van der Waals surface area contributed by atoms with Crippen LogP contribution in [0.2, 0.25) is 0 Å². The van der Waals surface area contributed by atoms with Crippen molar-refractivity contribution in [3.63, 3.8) is 0 Å². The second-order valence-electron chi connectivity index (χ2n) is 6.52. The van der Waals surface area contributed by atoms with Gasteiger partial charge >= 0.3 is 0 Å². The number of carbonyl (C=O) groups is 2. The van der Waals surface area contributed by atoms with Crippen LogP contribution in [0.3, 0.4) is 0 Å². The van der Waals surface area contributed by atoms with Crippen LogP contribution in [-0.4, -0.2) is 35.7 Å². The van der Waals surface area contributed by atoms with E-state index in [1.54, 1.807) is 6.20 Å². The first-order valence-corrected chi connectivity index (χ1v) is 8.30. The molecule has 2 atom stereocenters. The molecule has 4 heteroatoms. The Balaban J connectivity index is 1.72. The summed E-state index contributed by atoms with van der Waals surface area (Å²) in [5.41, 5.74) is 0.299. The SMILES string of the molecule is CN1C=C(C(=O)NC2CCCCCC2)C(=O)C2C=CC=CC21. The Hall–Kier alpha value is -1.84. The number of carbonyl (C=O) groups excluding carboxylic acids is 2. The molecule has 3 aliphatic rings. The first kappa shape index (κ1) is 15.1. The monoisotopic (exact) mass is 300 g/mol. The summed E-state index contributed by atoms with van der Waals surface area (Å²) >= 11 is 0. The summed E-state index contributed by atoms with van der Waals surface area (Å²) in [5, 5.41) is 3.08. The number of hydrogen-bond acceptors (Lipinski definition) is 3. The zero-order valence-electron chi connectivity index (χ0n) is 13.1. The first-order valence-electron chi connectivity index (χ1n) is 8.30. The summed E-state index contributed by atoms with van der Waals surface area (Å²) in [7, 11) is 1.92. The fourth-order valence-electron chi connectivity index (χ4n) is 3.62. The molecule has 2 aliphatic carbocycles. The third-order valence-corrected chi connectivity index (χ3v) is 4.91. The lowest BCUT2D eigenvalue weighted by molar-refractivity contribution is -0.125. The van der Waals surface area contributed by atoms with E-state index in [2.05, 4.69) is 5.32 Å². The van der Waals surface area contributed by atoms with Gasteiger partial charge < -0.3 is 10.2 Å². The van der Waals surface area contributed by atoms with Crippen LogP contribution in [0, 0.1) is 5.92 Å². The number of Topliss-reactive ketones (excluding diaryl/α,β-unsaturated/α-hetero) is 1. The average molecular weight is 300 g/mol. The van der Waals surface area contributed by atoms with Crippen molar-refractivity contribution in [3.8, 4) is 0 Å². The Morgan fingerprint density at radius 2 is 1.82 bits per heavy atom. The van der Waals surface area contributed by atoms with E-state index < -0.39 is 0 Å². The zero-order valence-corrected chi connectivity index (χ0v) is 13.1. The molecular formula is C18H24N2O2. The minimum absolute atomic E-state index is 0.0342. The number of ketones is 1. The van der Waals surface area contributed by atoms with Crippen LogP contribution >= 0.6 is 0 Å². The van der Waals surface area contributed by atoms with Gasteiger partial charge in [0.25, 0.3) is 5.91 Å². The molecule has 0 saturated heterocycles. The van der Waals surface area contributed by atoms with E-state index in [1.165, 1.54) is 12.8 Å². The van der Waals surface area contributed by atoms with Crippen molar-refractivity contribution in [2.45, 2.75) is 50.6 Å². The summed E-state index contributed by atoms with van der Waals surface area (Å²) in [6.45, 7) is 0. The number of allylic oxidation sites excluding steroid dienone is 2. The fourth-order valence-corrected chi connectivity index (χ4v) is 3.62. The molecule has 1 N–H and O–H groups in total. The van der Waals surface area contributed by atoms with Gasteiger partial charge in [0, 0.05) is 19.3 Å². The molecule has 1 amide bonds. The molecule has 1 aliphatic heterocycles. The lowest BCUT2D eigenvalue weighted by atomic mass is 9.84. The molecule has 118 valence electrons. The Labute approximate surface area is 131 Å². The number of amides is 1. The highest BCUT2D eigenvalue weighted by Gasteiger charge is 2.37. The van der Waals surface area contributed by atoms with Gasteiger partial charge in [0.2, 0.25) is 0 Å². The number of fused-ring (bicyclic) bond motifs is 1. The molecule has 0 bridgehead atoms. The number of hydrogen-bond donors (Lipinski definition) is 1. The molecule has 4 nitrogen and oxygen atoms in total. The smallest absolute Gasteiger partial charge is 0.256 e. The van der Waals surface area contributed by atoms with E-state index in [9.17, 15) is 9.59 Å². The van der Waals surface area contributed by atoms with Crippen LogP contribution < -0.4 is 5.32 Å². The molecule has 0 aromatic rings. The Morgan fingerprint density at radius 1 is 1.14 bits per heavy atom. The maximum Gasteiger partial charge on any atom is 0.256 e. The Morgan fingerprint density at radius 3 is 2.55 bits per heavy atom. The third-order valence-electron chi connectivity index (χ3n) is 4.91. The molecule has 0 radical (unpaired) electrons. The Kier molecular flexibility index (Phi) is 4.46. The molecule has 3 rings (SSSR count). The molecule has 0 aromatic heterocycles. The Bertz CT molecular complexity index is 539. The molecule has 1 fully saturated rings. The predicted octanol–water partition coefficient (Wildman–Crippen LogP) is 2.33. The van der Waals surface area contributed by atoms with Crippen molar-refractivity contribution in [2.75, 3.05) is 7.05 Å². The summed E-state index contributed by atoms with van der Waals surface area (Å²) in [5.74, 6) is -0.505. The van der Waals surface area contributed by atoms with E-state index in [-0.39, 0.29) is 29.7 Å². The van der Waals surface area contributed by atoms with E-state index in [0.717, 1.165) is 25.7 Å². The first-order chi connectivity index (χ1) is 10.7. The van der Waals surface area contributed by atoms with E-state index in [0.29, 0.717) is 5.57 Å². The van der Waals surface area contributed by atoms with Gasteiger partial charge in [-0.25, -0.2) is 0 Å². The highest BCUT2D eigenvalue weighted by atomic mass is 16.2. The van der Waals surface area contributed by atoms with Crippen LogP contribution in [0.25, 0.3) is 0 Å². The second kappa shape index (κ2) is 6.51. The lowest BCUT2D eigenvalue weighted by Gasteiger charge is -2.35. The number of nitrogens with zero attached hydrogens (tertiary/aromatic N) is 1. The highest BCUT2D eigenvalue weighted by Crippen LogP contribution is 2.27. The van der Waals surface area contributed by atoms with Gasteiger partial charge in [0.05, 0.1) is 17.5 Å². The van der Waals surface area contributed by atoms with Gasteiger partial charge in [-0.1, -0.05) is 50.0 Å². The molecule has 0 spiro atoms. The van der Waals surface area contributed by atoms with Gasteiger partial charge in [0.1, 0.15) is 0 Å². The summed E-state index contributed by atoms with van der Waals surface area (Å²) < 4.78 is 0. The molecule has 1 saturated carbocycles. The molecule has 22 heavy (non-hydrogen) atoms. The lowest BCUT2D eigenvalue weighted by Crippen LogP contribution is -2.47. The van der Waals surface area contributed by atoms with Crippen molar-refractivity contribution < 1.29 is 9.59 Å². The number of likely N-dealkylation sites (N-methyl/N-ethyl adjacent to an activating group) is 1. The zero-order chi connectivity index (χ0) is 15.5. The summed E-state index contributed by atoms with van der Waals surface area (Å²) in [6.07, 6.45) is 16.3. The van der Waals surface area contributed by atoms with E-state index >= 15 is 0 Å². The maximum absolute atomic E-state index is 12.6. The minimum Gasteiger partial charge on any atom is -0.372 e. The van der Waals surface area contributed by atoms with Gasteiger partial charge in [-0.15, -0.1) is 0 Å². The normalized spacial score (nSPS) is 28.9. The molecule has 1 heterocycles. The standard InChI is InChI=1S/C18H24N2O2/c1-20-12-15(17(21)14-10-6-7-11-16(14)20)18(22)19-13-8-4-2-3-5-9-13/h6-7,10-14,16H,2-5,8-9H2,1H3,(H,19,22). The quantitative estimate of drug-likeness (QED) is 0.629. The van der Waals surface area contributed by atoms with Crippen molar-refractivity contribution in [2.24, 2.45) is 5.92 Å². The molecular weight excluding hydrogens is 276 g/mol. The van der Waals surface area contributed by atoms with Crippen molar-refractivity contribution in [3.05, 3.63) is 36.1 Å². The third kappa shape index (κ3) is 3.01. The van der Waals surface area contributed by atoms with Crippen LogP contribution in [0.4, 0.5) is 0 Å². The number of nitrogens with one attached hydrogen (secondary N) is 1. The van der Waals surface area contributed by atoms with Gasteiger partial charge in [-0.2, -0.15) is 0 Å². The summed E-state index contributed by atoms with van der Waals surface area (Å²) in [4.78, 5) is 27.1. The van der Waals surface area contributed by atoms with Crippen molar-refractivity contribution >= 4 is 11.7 Å². The fraction of sp³-hybridized carbons (Fsp3) is 0.556. The van der Waals surface area contributed by atoms with Crippen LogP contribution in [0.1, 0.15) is 38.5 Å². The summed E-state index contributed by atoms with van der Waals surface area (Å²) in [6, 6.07) is 0.250. The predicted molar refractivity (Wildman–Crippen MR) is 86.0 cm³/mol. The molecule has 2 unspecified atom stereocenters. The van der Waals surface area contributed by atoms with Gasteiger partial charge in [-0.3, -0.25) is 9.59 Å². The van der Waals surface area contributed by atoms with Crippen molar-refractivity contribution in [1.29, 1.82) is 0 Å². The highest BCUT2D eigenvalue weighted by molar-refractivity contribution is 6.21. The number of rotatable bonds is 2. The van der Waals surface area contributed by atoms with Crippen LogP contribution in [-0.2, 0) is 9.59 Å². The van der Waals surface area contributed by atoms with Gasteiger partial charge in [-0.05, 0) is 12.8 Å². The average Bonchev–Trinajstić information content (AvgIpc) is 2.79. The van der Waals surface area contributed by atoms with E-state index in [1.807, 2.05) is 36.3 Å². The van der Waals surface area contributed by atoms with Gasteiger partial charge in [0.15, 0.2) is 5.78 Å². The van der Waals surface area contributed by atoms with E-state index in [4.69, 9.17) is 0 Å². The van der Waals surface area contributed by atoms with Crippen LogP contribution in [0.5, 0.6) is 0 Å². The minimum atomic E-state index is -0.241. The topological polar surface area (TPSA) is 49.4 Å². The molecule has 0 aromatic carbocycles. The van der Waals surface area contributed by atoms with Crippen LogP contribution in [0.15, 0.2) is 36.1 Å². The van der Waals surface area contributed by atoms with Crippen molar-refractivity contribution in [1.82, 2.24) is 10.2 Å². The maximum atomic E-state index is 12.6. The second-order valence-corrected chi connectivity index (χ2v) is 6.52. The largest absolute Gasteiger partial charge is 0.372 e.